The van der Waals surface area contributed by atoms with Crippen LogP contribution >= 0.6 is 0 Å². The molecule has 0 spiro atoms. The zero-order valence-corrected chi connectivity index (χ0v) is 13.4. The zero-order valence-electron chi connectivity index (χ0n) is 13.4. The van der Waals surface area contributed by atoms with E-state index in [9.17, 15) is 19.7 Å². The number of aryl methyl sites for hydroxylation is 1. The van der Waals surface area contributed by atoms with Gasteiger partial charge in [-0.05, 0) is 36.8 Å². The Balaban J connectivity index is 1.73. The molecule has 0 aliphatic carbocycles. The summed E-state index contributed by atoms with van der Waals surface area (Å²) in [6.45, 7) is 1.05. The van der Waals surface area contributed by atoms with E-state index in [1.807, 2.05) is 13.0 Å². The first-order valence-electron chi connectivity index (χ1n) is 7.33. The lowest BCUT2D eigenvalue weighted by molar-refractivity contribution is -0.384. The van der Waals surface area contributed by atoms with Crippen LogP contribution in [0.3, 0.4) is 0 Å². The minimum Gasteiger partial charge on any atom is -0.482 e. The summed E-state index contributed by atoms with van der Waals surface area (Å²) in [6.07, 6.45) is 0. The molecule has 25 heavy (non-hydrogen) atoms. The van der Waals surface area contributed by atoms with Crippen molar-refractivity contribution in [3.05, 3.63) is 64.2 Å². The third-order valence-corrected chi connectivity index (χ3v) is 3.07. The molecule has 0 aliphatic rings. The summed E-state index contributed by atoms with van der Waals surface area (Å²) in [6, 6.07) is 12.5. The molecule has 2 aromatic carbocycles. The van der Waals surface area contributed by atoms with E-state index in [0.717, 1.165) is 5.56 Å². The normalized spacial score (nSPS) is 9.96. The standard InChI is InChI=1S/C17H16N2O6/c1-12-3-2-4-13(9-12)18-16(20)10-25-17(21)11-24-15-7-5-14(6-8-15)19(22)23/h2-9H,10-11H2,1H3,(H,18,20). The average molecular weight is 344 g/mol. The molecule has 1 amide bonds. The monoisotopic (exact) mass is 344 g/mol. The van der Waals surface area contributed by atoms with Crippen LogP contribution in [-0.4, -0.2) is 30.0 Å². The quantitative estimate of drug-likeness (QED) is 0.469. The van der Waals surface area contributed by atoms with Gasteiger partial charge in [0.25, 0.3) is 11.6 Å². The number of benzene rings is 2. The zero-order chi connectivity index (χ0) is 18.2. The van der Waals surface area contributed by atoms with Gasteiger partial charge >= 0.3 is 5.97 Å². The third-order valence-electron chi connectivity index (χ3n) is 3.07. The number of hydrogen-bond acceptors (Lipinski definition) is 6. The predicted molar refractivity (Wildman–Crippen MR) is 89.4 cm³/mol. The van der Waals surface area contributed by atoms with Gasteiger partial charge in [0, 0.05) is 17.8 Å². The number of esters is 1. The molecule has 0 aliphatic heterocycles. The van der Waals surface area contributed by atoms with Crippen LogP contribution in [0.25, 0.3) is 0 Å². The van der Waals surface area contributed by atoms with Crippen LogP contribution < -0.4 is 10.1 Å². The van der Waals surface area contributed by atoms with Crippen LogP contribution in [-0.2, 0) is 14.3 Å². The molecule has 2 aromatic rings. The molecule has 130 valence electrons. The number of nitrogens with zero attached hydrogens (tertiary/aromatic N) is 1. The van der Waals surface area contributed by atoms with Crippen LogP contribution in [0.4, 0.5) is 11.4 Å². The fraction of sp³-hybridized carbons (Fsp3) is 0.176. The molecule has 0 saturated carbocycles. The smallest absolute Gasteiger partial charge is 0.344 e. The third kappa shape index (κ3) is 5.94. The van der Waals surface area contributed by atoms with Crippen molar-refractivity contribution in [3.63, 3.8) is 0 Å². The largest absolute Gasteiger partial charge is 0.482 e. The van der Waals surface area contributed by atoms with Crippen molar-refractivity contribution in [1.82, 2.24) is 0 Å². The van der Waals surface area contributed by atoms with Crippen LogP contribution in [0.2, 0.25) is 0 Å². The molecule has 0 saturated heterocycles. The number of hydrogen-bond donors (Lipinski definition) is 1. The molecule has 0 fully saturated rings. The Morgan fingerprint density at radius 1 is 1.12 bits per heavy atom. The van der Waals surface area contributed by atoms with Gasteiger partial charge in [0.1, 0.15) is 5.75 Å². The van der Waals surface area contributed by atoms with E-state index in [1.165, 1.54) is 24.3 Å². The Hall–Kier alpha value is -3.42. The van der Waals surface area contributed by atoms with Crippen molar-refractivity contribution in [2.75, 3.05) is 18.5 Å². The number of nitro groups is 1. The highest BCUT2D eigenvalue weighted by atomic mass is 16.6. The van der Waals surface area contributed by atoms with E-state index in [1.54, 1.807) is 18.2 Å². The molecule has 0 atom stereocenters. The van der Waals surface area contributed by atoms with E-state index in [-0.39, 0.29) is 11.4 Å². The minimum atomic E-state index is -0.724. The molecular weight excluding hydrogens is 328 g/mol. The number of nitro benzene ring substituents is 1. The minimum absolute atomic E-state index is 0.0808. The highest BCUT2D eigenvalue weighted by Gasteiger charge is 2.10. The van der Waals surface area contributed by atoms with E-state index in [0.29, 0.717) is 5.69 Å². The number of rotatable bonds is 7. The number of carbonyl (C=O) groups is 2. The number of anilines is 1. The van der Waals surface area contributed by atoms with Crippen LogP contribution in [0.1, 0.15) is 5.56 Å². The van der Waals surface area contributed by atoms with Crippen LogP contribution in [0.5, 0.6) is 5.75 Å². The summed E-state index contributed by atoms with van der Waals surface area (Å²) in [5.41, 5.74) is 1.53. The van der Waals surface area contributed by atoms with Crippen molar-refractivity contribution in [3.8, 4) is 5.75 Å². The molecule has 0 heterocycles. The van der Waals surface area contributed by atoms with Crippen molar-refractivity contribution < 1.29 is 24.0 Å². The van der Waals surface area contributed by atoms with Gasteiger partial charge < -0.3 is 14.8 Å². The summed E-state index contributed by atoms with van der Waals surface area (Å²) in [7, 11) is 0. The Morgan fingerprint density at radius 2 is 1.84 bits per heavy atom. The summed E-state index contributed by atoms with van der Waals surface area (Å²) < 4.78 is 9.95. The fourth-order valence-electron chi connectivity index (χ4n) is 1.91. The number of ether oxygens (including phenoxy) is 2. The van der Waals surface area contributed by atoms with E-state index >= 15 is 0 Å². The Kier molecular flexibility index (Phi) is 6.05. The van der Waals surface area contributed by atoms with Gasteiger partial charge in [-0.25, -0.2) is 4.79 Å². The summed E-state index contributed by atoms with van der Waals surface area (Å²) >= 11 is 0. The van der Waals surface area contributed by atoms with Crippen molar-refractivity contribution >= 4 is 23.3 Å². The molecule has 2 rings (SSSR count). The lowest BCUT2D eigenvalue weighted by Gasteiger charge is -2.08. The average Bonchev–Trinajstić information content (AvgIpc) is 2.58. The number of nitrogens with one attached hydrogen (secondary N) is 1. The van der Waals surface area contributed by atoms with Crippen molar-refractivity contribution in [1.29, 1.82) is 0 Å². The molecular formula is C17H16N2O6. The summed E-state index contributed by atoms with van der Waals surface area (Å²) in [5, 5.41) is 13.1. The first-order chi connectivity index (χ1) is 11.9. The van der Waals surface area contributed by atoms with E-state index in [4.69, 9.17) is 9.47 Å². The molecule has 0 aromatic heterocycles. The second kappa shape index (κ2) is 8.44. The molecule has 0 unspecified atom stereocenters. The predicted octanol–water partition coefficient (Wildman–Crippen LogP) is 2.46. The van der Waals surface area contributed by atoms with Gasteiger partial charge in [-0.15, -0.1) is 0 Å². The second-order valence-electron chi connectivity index (χ2n) is 5.12. The van der Waals surface area contributed by atoms with Gasteiger partial charge in [0.05, 0.1) is 4.92 Å². The van der Waals surface area contributed by atoms with Gasteiger partial charge in [-0.2, -0.15) is 0 Å². The van der Waals surface area contributed by atoms with Crippen LogP contribution in [0.15, 0.2) is 48.5 Å². The Bertz CT molecular complexity index is 773. The maximum atomic E-state index is 11.7. The topological polar surface area (TPSA) is 108 Å². The summed E-state index contributed by atoms with van der Waals surface area (Å²) in [4.78, 5) is 33.3. The van der Waals surface area contributed by atoms with Gasteiger partial charge in [0.2, 0.25) is 0 Å². The lowest BCUT2D eigenvalue weighted by Crippen LogP contribution is -2.23. The number of amides is 1. The van der Waals surface area contributed by atoms with Crippen molar-refractivity contribution in [2.45, 2.75) is 6.92 Å². The molecule has 8 nitrogen and oxygen atoms in total. The molecule has 0 bridgehead atoms. The number of non-ortho nitro benzene ring substituents is 1. The molecule has 1 N–H and O–H groups in total. The Morgan fingerprint density at radius 3 is 2.48 bits per heavy atom. The van der Waals surface area contributed by atoms with Gasteiger partial charge in [-0.1, -0.05) is 12.1 Å². The first kappa shape index (κ1) is 17.9. The van der Waals surface area contributed by atoms with Crippen LogP contribution in [0, 0.1) is 17.0 Å². The second-order valence-corrected chi connectivity index (χ2v) is 5.12. The highest BCUT2D eigenvalue weighted by molar-refractivity contribution is 5.92. The summed E-state index contributed by atoms with van der Waals surface area (Å²) in [5.74, 6) is -0.904. The van der Waals surface area contributed by atoms with E-state index in [2.05, 4.69) is 5.32 Å². The molecule has 0 radical (unpaired) electrons. The highest BCUT2D eigenvalue weighted by Crippen LogP contribution is 2.17. The fourth-order valence-corrected chi connectivity index (χ4v) is 1.91. The van der Waals surface area contributed by atoms with Gasteiger partial charge in [-0.3, -0.25) is 14.9 Å². The number of carbonyl (C=O) groups excluding carboxylic acids is 2. The molecule has 8 heteroatoms. The SMILES string of the molecule is Cc1cccc(NC(=O)COC(=O)COc2ccc([N+](=O)[O-])cc2)c1. The van der Waals surface area contributed by atoms with E-state index < -0.39 is 30.0 Å². The van der Waals surface area contributed by atoms with Gasteiger partial charge in [0.15, 0.2) is 13.2 Å². The van der Waals surface area contributed by atoms with Crippen molar-refractivity contribution in [2.24, 2.45) is 0 Å². The maximum absolute atomic E-state index is 11.7. The first-order valence-corrected chi connectivity index (χ1v) is 7.33. The maximum Gasteiger partial charge on any atom is 0.344 e. The Labute approximate surface area is 143 Å². The lowest BCUT2D eigenvalue weighted by atomic mass is 10.2.